The molecule has 0 unspecified atom stereocenters. The number of rotatable bonds is 7. The van der Waals surface area contributed by atoms with Crippen LogP contribution >= 0.6 is 23.7 Å². The van der Waals surface area contributed by atoms with E-state index in [-0.39, 0.29) is 25.1 Å². The van der Waals surface area contributed by atoms with Crippen LogP contribution in [-0.2, 0) is 4.79 Å². The fourth-order valence-corrected chi connectivity index (χ4v) is 4.10. The van der Waals surface area contributed by atoms with Gasteiger partial charge in [0.15, 0.2) is 16.6 Å². The van der Waals surface area contributed by atoms with Crippen LogP contribution in [0.3, 0.4) is 0 Å². The highest BCUT2D eigenvalue weighted by Crippen LogP contribution is 2.39. The average molecular weight is 446 g/mol. The van der Waals surface area contributed by atoms with Gasteiger partial charge in [-0.15, -0.1) is 12.4 Å². The molecule has 6 nitrogen and oxygen atoms in total. The summed E-state index contributed by atoms with van der Waals surface area (Å²) in [5.74, 6) is 1.35. The molecular formula is C22H24ClN3O3S. The third kappa shape index (κ3) is 5.11. The summed E-state index contributed by atoms with van der Waals surface area (Å²) in [6, 6.07) is 13.6. The average Bonchev–Trinajstić information content (AvgIpc) is 3.33. The molecule has 1 aliphatic heterocycles. The van der Waals surface area contributed by atoms with E-state index in [0.29, 0.717) is 17.4 Å². The Bertz CT molecular complexity index is 996. The standard InChI is InChI=1S/C22H23N3O3S.ClH/c1-24(2)11-6-12-25(21(26)10-9-16-7-4-3-5-8-16)22-23-17-13-18-19(28-15-27-18)14-20(17)29-22;/h3-5,7-10,13-14H,6,11-12,15H2,1-2H3;1H. The van der Waals surface area contributed by atoms with E-state index in [1.165, 1.54) is 11.3 Å². The molecule has 0 saturated carbocycles. The first-order valence-electron chi connectivity index (χ1n) is 9.50. The minimum absolute atomic E-state index is 0. The van der Waals surface area contributed by atoms with Crippen LogP contribution in [0.2, 0.25) is 0 Å². The minimum Gasteiger partial charge on any atom is -0.454 e. The number of hydrogen-bond acceptors (Lipinski definition) is 6. The first-order chi connectivity index (χ1) is 14.1. The third-order valence-corrected chi connectivity index (χ3v) is 5.61. The van der Waals surface area contributed by atoms with Crippen molar-refractivity contribution in [3.05, 3.63) is 54.1 Å². The van der Waals surface area contributed by atoms with Gasteiger partial charge in [-0.2, -0.15) is 0 Å². The molecule has 8 heteroatoms. The second-order valence-corrected chi connectivity index (χ2v) is 8.07. The van der Waals surface area contributed by atoms with E-state index in [4.69, 9.17) is 14.5 Å². The van der Waals surface area contributed by atoms with E-state index >= 15 is 0 Å². The van der Waals surface area contributed by atoms with Crippen molar-refractivity contribution in [3.8, 4) is 11.5 Å². The van der Waals surface area contributed by atoms with E-state index in [0.717, 1.165) is 34.5 Å². The summed E-state index contributed by atoms with van der Waals surface area (Å²) < 4.78 is 11.9. The quantitative estimate of drug-likeness (QED) is 0.503. The van der Waals surface area contributed by atoms with Crippen LogP contribution in [0.5, 0.6) is 11.5 Å². The van der Waals surface area contributed by atoms with Crippen LogP contribution < -0.4 is 14.4 Å². The molecule has 0 fully saturated rings. The number of ether oxygens (including phenoxy) is 2. The molecule has 30 heavy (non-hydrogen) atoms. The monoisotopic (exact) mass is 445 g/mol. The summed E-state index contributed by atoms with van der Waals surface area (Å²) >= 11 is 1.49. The molecule has 1 aliphatic rings. The lowest BCUT2D eigenvalue weighted by molar-refractivity contribution is -0.114. The molecule has 0 atom stereocenters. The van der Waals surface area contributed by atoms with Crippen LogP contribution in [0.4, 0.5) is 5.13 Å². The number of hydrogen-bond donors (Lipinski definition) is 0. The van der Waals surface area contributed by atoms with E-state index in [2.05, 4.69) is 4.90 Å². The van der Waals surface area contributed by atoms with Gasteiger partial charge >= 0.3 is 0 Å². The van der Waals surface area contributed by atoms with Crippen LogP contribution in [0, 0.1) is 0 Å². The zero-order valence-electron chi connectivity index (χ0n) is 16.9. The molecule has 4 rings (SSSR count). The number of benzene rings is 2. The number of anilines is 1. The van der Waals surface area contributed by atoms with Gasteiger partial charge in [-0.1, -0.05) is 41.7 Å². The molecule has 1 aromatic heterocycles. The number of aromatic nitrogens is 1. The van der Waals surface area contributed by atoms with Crippen molar-refractivity contribution in [1.82, 2.24) is 9.88 Å². The molecule has 2 aromatic carbocycles. The molecule has 3 aromatic rings. The Morgan fingerprint density at radius 3 is 2.60 bits per heavy atom. The molecule has 2 heterocycles. The van der Waals surface area contributed by atoms with Gasteiger partial charge in [0.25, 0.3) is 5.91 Å². The second kappa shape index (κ2) is 9.93. The summed E-state index contributed by atoms with van der Waals surface area (Å²) in [6.45, 7) is 1.73. The molecule has 0 N–H and O–H groups in total. The maximum atomic E-state index is 13.0. The number of halogens is 1. The Morgan fingerprint density at radius 1 is 1.13 bits per heavy atom. The van der Waals surface area contributed by atoms with Crippen LogP contribution in [0.15, 0.2) is 48.5 Å². The molecule has 1 amide bonds. The predicted molar refractivity (Wildman–Crippen MR) is 124 cm³/mol. The highest BCUT2D eigenvalue weighted by atomic mass is 35.5. The summed E-state index contributed by atoms with van der Waals surface area (Å²) in [6.07, 6.45) is 4.31. The van der Waals surface area contributed by atoms with Crippen LogP contribution in [0.1, 0.15) is 12.0 Å². The highest BCUT2D eigenvalue weighted by molar-refractivity contribution is 7.22. The van der Waals surface area contributed by atoms with E-state index in [1.54, 1.807) is 11.0 Å². The van der Waals surface area contributed by atoms with Crippen molar-refractivity contribution >= 4 is 51.1 Å². The van der Waals surface area contributed by atoms with Crippen molar-refractivity contribution in [3.63, 3.8) is 0 Å². The Kier molecular flexibility index (Phi) is 7.31. The molecular weight excluding hydrogens is 422 g/mol. The predicted octanol–water partition coefficient (Wildman–Crippen LogP) is 4.44. The van der Waals surface area contributed by atoms with Gasteiger partial charge in [0.05, 0.1) is 10.2 Å². The van der Waals surface area contributed by atoms with Crippen LogP contribution in [-0.4, -0.2) is 49.8 Å². The normalized spacial score (nSPS) is 12.5. The summed E-state index contributed by atoms with van der Waals surface area (Å²) in [5, 5.41) is 0.685. The Hall–Kier alpha value is -2.61. The zero-order valence-corrected chi connectivity index (χ0v) is 18.5. The number of fused-ring (bicyclic) bond motifs is 2. The van der Waals surface area contributed by atoms with Gasteiger partial charge in [-0.3, -0.25) is 9.69 Å². The second-order valence-electron chi connectivity index (χ2n) is 7.06. The summed E-state index contributed by atoms with van der Waals surface area (Å²) in [5.41, 5.74) is 1.80. The van der Waals surface area contributed by atoms with E-state index < -0.39 is 0 Å². The highest BCUT2D eigenvalue weighted by Gasteiger charge is 2.21. The third-order valence-electron chi connectivity index (χ3n) is 4.57. The Labute approximate surface area is 186 Å². The molecule has 0 aliphatic carbocycles. The number of thiazole rings is 1. The topological polar surface area (TPSA) is 54.9 Å². The first kappa shape index (κ1) is 22.1. The van der Waals surface area contributed by atoms with Crippen molar-refractivity contribution in [2.75, 3.05) is 38.9 Å². The van der Waals surface area contributed by atoms with Crippen molar-refractivity contribution in [2.24, 2.45) is 0 Å². The van der Waals surface area contributed by atoms with Gasteiger partial charge in [0, 0.05) is 24.8 Å². The number of carbonyl (C=O) groups is 1. The SMILES string of the molecule is CN(C)CCCN(C(=O)C=Cc1ccccc1)c1nc2cc3c(cc2s1)OCO3.Cl. The van der Waals surface area contributed by atoms with Crippen molar-refractivity contribution in [1.29, 1.82) is 0 Å². The lowest BCUT2D eigenvalue weighted by Crippen LogP contribution is -2.32. The van der Waals surface area contributed by atoms with Gasteiger partial charge in [0.1, 0.15) is 0 Å². The summed E-state index contributed by atoms with van der Waals surface area (Å²) in [7, 11) is 4.06. The van der Waals surface area contributed by atoms with Gasteiger partial charge in [-0.05, 0) is 38.7 Å². The fourth-order valence-electron chi connectivity index (χ4n) is 3.09. The zero-order chi connectivity index (χ0) is 20.2. The molecule has 0 bridgehead atoms. The van der Waals surface area contributed by atoms with E-state index in [9.17, 15) is 4.79 Å². The Balaban J connectivity index is 0.00000256. The lowest BCUT2D eigenvalue weighted by Gasteiger charge is -2.19. The lowest BCUT2D eigenvalue weighted by atomic mass is 10.2. The molecule has 0 saturated heterocycles. The molecule has 158 valence electrons. The van der Waals surface area contributed by atoms with Gasteiger partial charge in [0.2, 0.25) is 6.79 Å². The number of amides is 1. The number of nitrogens with zero attached hydrogens (tertiary/aromatic N) is 3. The number of carbonyl (C=O) groups excluding carboxylic acids is 1. The van der Waals surface area contributed by atoms with Crippen molar-refractivity contribution in [2.45, 2.75) is 6.42 Å². The van der Waals surface area contributed by atoms with Crippen LogP contribution in [0.25, 0.3) is 16.3 Å². The Morgan fingerprint density at radius 2 is 1.87 bits per heavy atom. The maximum absolute atomic E-state index is 13.0. The largest absolute Gasteiger partial charge is 0.454 e. The summed E-state index contributed by atoms with van der Waals surface area (Å²) in [4.78, 5) is 21.6. The molecule has 0 radical (unpaired) electrons. The molecule has 0 spiro atoms. The fraction of sp³-hybridized carbons (Fsp3) is 0.273. The van der Waals surface area contributed by atoms with E-state index in [1.807, 2.05) is 62.6 Å². The minimum atomic E-state index is -0.0771. The smallest absolute Gasteiger partial charge is 0.252 e. The maximum Gasteiger partial charge on any atom is 0.252 e. The van der Waals surface area contributed by atoms with Gasteiger partial charge < -0.3 is 14.4 Å². The first-order valence-corrected chi connectivity index (χ1v) is 10.3. The van der Waals surface area contributed by atoms with Crippen molar-refractivity contribution < 1.29 is 14.3 Å². The van der Waals surface area contributed by atoms with Gasteiger partial charge in [-0.25, -0.2) is 4.98 Å².